The highest BCUT2D eigenvalue weighted by Crippen LogP contribution is 2.41. The molecule has 2 amide bonds. The summed E-state index contributed by atoms with van der Waals surface area (Å²) in [5.41, 5.74) is 0.368. The van der Waals surface area contributed by atoms with Crippen LogP contribution in [-0.4, -0.2) is 45.0 Å². The number of aliphatic carboxylic acids is 1. The summed E-state index contributed by atoms with van der Waals surface area (Å²) in [6.07, 6.45) is 1.86. The highest BCUT2D eigenvalue weighted by molar-refractivity contribution is 9.10. The first-order chi connectivity index (χ1) is 16.8. The number of thiophene rings is 2. The van der Waals surface area contributed by atoms with Gasteiger partial charge in [0.1, 0.15) is 17.1 Å². The summed E-state index contributed by atoms with van der Waals surface area (Å²) in [6, 6.07) is 4.87. The Morgan fingerprint density at radius 3 is 2.83 bits per heavy atom. The van der Waals surface area contributed by atoms with Gasteiger partial charge < -0.3 is 10.4 Å². The van der Waals surface area contributed by atoms with E-state index < -0.39 is 23.3 Å². The number of allylic oxidation sites excluding steroid dienone is 1. The summed E-state index contributed by atoms with van der Waals surface area (Å²) >= 11 is 10.5. The van der Waals surface area contributed by atoms with E-state index in [1.165, 1.54) is 62.4 Å². The number of thioether (sulfide) groups is 2. The maximum Gasteiger partial charge on any atom is 0.352 e. The molecule has 1 fully saturated rings. The zero-order valence-corrected chi connectivity index (χ0v) is 23.2. The highest BCUT2D eigenvalue weighted by Gasteiger charge is 2.53. The molecule has 2 aliphatic rings. The quantitative estimate of drug-likeness (QED) is 0.288. The van der Waals surface area contributed by atoms with Crippen molar-refractivity contribution in [3.05, 3.63) is 71.3 Å². The lowest BCUT2D eigenvalue weighted by Gasteiger charge is -2.49. The van der Waals surface area contributed by atoms with Crippen LogP contribution in [0, 0.1) is 0 Å². The standard InChI is InChI=1S/C22H15BrN2O5S5/c23-14-17(27)18-12(4-7-32-18)35-22(14)33-6-3-10-9-34-20-15(19(28)25(20)16(10)21(29)30)24-13(26)8-11-2-1-5-31-11/h1-7,15,20H,8-9H2,(H,24,26)(H,29,30)/b6-3+/t15?,20-/m1/s1. The molecule has 0 bridgehead atoms. The van der Waals surface area contributed by atoms with Crippen molar-refractivity contribution < 1.29 is 19.5 Å². The summed E-state index contributed by atoms with van der Waals surface area (Å²) in [5.74, 6) is -1.50. The van der Waals surface area contributed by atoms with Gasteiger partial charge in [-0.25, -0.2) is 4.79 Å². The SMILES string of the molecule is O=C(Cc1cccs1)NC1C(=O)N2C(C(=O)O)=C(/C=C/Sc3sc4ccsc4c(=O)c3Br)CS[C@H]12. The third-order valence-electron chi connectivity index (χ3n) is 5.29. The number of carbonyl (C=O) groups excluding carboxylic acids is 2. The second kappa shape index (κ2) is 10.2. The van der Waals surface area contributed by atoms with Gasteiger partial charge >= 0.3 is 5.97 Å². The van der Waals surface area contributed by atoms with Crippen LogP contribution in [0.15, 0.2) is 65.2 Å². The minimum Gasteiger partial charge on any atom is -0.477 e. The fourth-order valence-electron chi connectivity index (χ4n) is 3.70. The summed E-state index contributed by atoms with van der Waals surface area (Å²) < 4.78 is 2.86. The van der Waals surface area contributed by atoms with E-state index in [2.05, 4.69) is 21.2 Å². The predicted molar refractivity (Wildman–Crippen MR) is 146 cm³/mol. The molecule has 7 nitrogen and oxygen atoms in total. The number of hydrogen-bond donors (Lipinski definition) is 2. The minimum absolute atomic E-state index is 0.0653. The van der Waals surface area contributed by atoms with Crippen LogP contribution in [0.1, 0.15) is 4.88 Å². The molecule has 180 valence electrons. The van der Waals surface area contributed by atoms with Gasteiger partial charge in [0.2, 0.25) is 11.3 Å². The van der Waals surface area contributed by atoms with Crippen LogP contribution in [0.2, 0.25) is 0 Å². The molecule has 0 spiro atoms. The molecule has 1 unspecified atom stereocenters. The van der Waals surface area contributed by atoms with Crippen LogP contribution in [0.5, 0.6) is 0 Å². The highest BCUT2D eigenvalue weighted by atomic mass is 79.9. The summed E-state index contributed by atoms with van der Waals surface area (Å²) in [7, 11) is 0. The van der Waals surface area contributed by atoms with Gasteiger partial charge in [0.15, 0.2) is 0 Å². The van der Waals surface area contributed by atoms with Crippen LogP contribution in [-0.2, 0) is 20.8 Å². The van der Waals surface area contributed by atoms with E-state index in [4.69, 9.17) is 0 Å². The van der Waals surface area contributed by atoms with Crippen molar-refractivity contribution in [2.75, 3.05) is 5.75 Å². The molecule has 0 aromatic carbocycles. The van der Waals surface area contributed by atoms with Gasteiger partial charge in [-0.1, -0.05) is 17.8 Å². The lowest BCUT2D eigenvalue weighted by molar-refractivity contribution is -0.150. The fourth-order valence-corrected chi connectivity index (χ4v) is 9.55. The number of carboxylic acids is 1. The van der Waals surface area contributed by atoms with Gasteiger partial charge in [-0.2, -0.15) is 0 Å². The first kappa shape index (κ1) is 24.8. The number of nitrogens with zero attached hydrogens (tertiary/aromatic N) is 1. The van der Waals surface area contributed by atoms with Crippen molar-refractivity contribution in [3.63, 3.8) is 0 Å². The van der Waals surface area contributed by atoms with Crippen molar-refractivity contribution in [1.29, 1.82) is 0 Å². The molecule has 2 atom stereocenters. The fraction of sp³-hybridized carbons (Fsp3) is 0.182. The van der Waals surface area contributed by atoms with Gasteiger partial charge in [0.05, 0.1) is 24.5 Å². The molecule has 3 aromatic rings. The van der Waals surface area contributed by atoms with Crippen molar-refractivity contribution in [2.24, 2.45) is 0 Å². The average Bonchev–Trinajstić information content (AvgIpc) is 3.52. The second-order valence-electron chi connectivity index (χ2n) is 7.46. The molecule has 13 heteroatoms. The number of nitrogens with one attached hydrogen (secondary N) is 1. The molecule has 2 N–H and O–H groups in total. The van der Waals surface area contributed by atoms with E-state index in [9.17, 15) is 24.3 Å². The zero-order chi connectivity index (χ0) is 24.7. The van der Waals surface area contributed by atoms with E-state index in [1.54, 1.807) is 11.5 Å². The van der Waals surface area contributed by atoms with Crippen LogP contribution in [0.4, 0.5) is 0 Å². The maximum absolute atomic E-state index is 12.8. The number of carbonyl (C=O) groups is 3. The zero-order valence-electron chi connectivity index (χ0n) is 17.6. The Morgan fingerprint density at radius 2 is 2.09 bits per heavy atom. The Balaban J connectivity index is 1.31. The van der Waals surface area contributed by atoms with Crippen molar-refractivity contribution in [2.45, 2.75) is 22.0 Å². The van der Waals surface area contributed by atoms with E-state index in [-0.39, 0.29) is 23.5 Å². The van der Waals surface area contributed by atoms with Crippen LogP contribution in [0.3, 0.4) is 0 Å². The van der Waals surface area contributed by atoms with Crippen molar-refractivity contribution >= 4 is 101 Å². The number of fused-ring (bicyclic) bond motifs is 2. The van der Waals surface area contributed by atoms with Crippen molar-refractivity contribution in [3.8, 4) is 0 Å². The van der Waals surface area contributed by atoms with E-state index in [1.807, 2.05) is 29.0 Å². The summed E-state index contributed by atoms with van der Waals surface area (Å²) in [5, 5.41) is 17.6. The van der Waals surface area contributed by atoms with Gasteiger partial charge in [-0.3, -0.25) is 19.3 Å². The molecule has 0 saturated carbocycles. The molecule has 5 rings (SSSR count). The van der Waals surface area contributed by atoms with Gasteiger partial charge in [0.25, 0.3) is 5.91 Å². The van der Waals surface area contributed by atoms with E-state index in [0.29, 0.717) is 20.5 Å². The van der Waals surface area contributed by atoms with Crippen LogP contribution < -0.4 is 10.7 Å². The Hall–Kier alpha value is -1.90. The van der Waals surface area contributed by atoms with Crippen LogP contribution >= 0.6 is 73.5 Å². The number of rotatable bonds is 7. The normalized spacial score (nSPS) is 19.8. The minimum atomic E-state index is -1.19. The molecule has 1 saturated heterocycles. The Kier molecular flexibility index (Phi) is 7.24. The van der Waals surface area contributed by atoms with Crippen LogP contribution in [0.25, 0.3) is 9.40 Å². The number of carboxylic acid groups (broad SMARTS) is 1. The third kappa shape index (κ3) is 4.77. The Labute approximate surface area is 228 Å². The van der Waals surface area contributed by atoms with Crippen molar-refractivity contribution in [1.82, 2.24) is 10.2 Å². The second-order valence-corrected chi connectivity index (χ2v) is 13.5. The molecule has 0 radical (unpaired) electrons. The number of amides is 2. The molecule has 0 aliphatic carbocycles. The Morgan fingerprint density at radius 1 is 1.26 bits per heavy atom. The molecular formula is C22H15BrN2O5S5. The molecule has 5 heterocycles. The largest absolute Gasteiger partial charge is 0.477 e. The lowest BCUT2D eigenvalue weighted by atomic mass is 10.0. The first-order valence-corrected chi connectivity index (χ1v) is 15.4. The third-order valence-corrected chi connectivity index (χ3v) is 12.0. The molecular weight excluding hydrogens is 612 g/mol. The molecule has 2 aliphatic heterocycles. The van der Waals surface area contributed by atoms with Gasteiger partial charge in [-0.15, -0.1) is 45.8 Å². The predicted octanol–water partition coefficient (Wildman–Crippen LogP) is 4.73. The number of halogens is 1. The lowest BCUT2D eigenvalue weighted by Crippen LogP contribution is -2.70. The average molecular weight is 628 g/mol. The topological polar surface area (TPSA) is 104 Å². The summed E-state index contributed by atoms with van der Waals surface area (Å²) in [6.45, 7) is 0. The molecule has 35 heavy (non-hydrogen) atoms. The number of β-lactam (4-membered cyclic amide) rings is 1. The maximum atomic E-state index is 12.8. The summed E-state index contributed by atoms with van der Waals surface area (Å²) in [4.78, 5) is 51.9. The van der Waals surface area contributed by atoms with Gasteiger partial charge in [0, 0.05) is 10.6 Å². The van der Waals surface area contributed by atoms with E-state index >= 15 is 0 Å². The Bertz CT molecular complexity index is 1460. The van der Waals surface area contributed by atoms with E-state index in [0.717, 1.165) is 13.8 Å². The molecule has 3 aromatic heterocycles. The monoisotopic (exact) mass is 626 g/mol. The first-order valence-electron chi connectivity index (χ1n) is 10.1. The number of hydrogen-bond acceptors (Lipinski definition) is 9. The smallest absolute Gasteiger partial charge is 0.352 e. The van der Waals surface area contributed by atoms with Gasteiger partial charge in [-0.05, 0) is 55.9 Å².